The lowest BCUT2D eigenvalue weighted by molar-refractivity contribution is 0.241. The number of halogens is 2. The van der Waals surface area contributed by atoms with Crippen LogP contribution >= 0.6 is 23.2 Å². The third-order valence-corrected chi connectivity index (χ3v) is 5.54. The Morgan fingerprint density at radius 3 is 2.85 bits per heavy atom. The predicted octanol–water partition coefficient (Wildman–Crippen LogP) is 4.01. The first-order valence-corrected chi connectivity index (χ1v) is 9.47. The maximum Gasteiger partial charge on any atom is 0.255 e. The molecule has 0 aliphatic carbocycles. The monoisotopic (exact) mass is 400 g/mol. The summed E-state index contributed by atoms with van der Waals surface area (Å²) in [6, 6.07) is 9.50. The number of rotatable bonds is 3. The molecule has 3 aromatic rings. The molecule has 0 atom stereocenters. The van der Waals surface area contributed by atoms with Gasteiger partial charge in [0.25, 0.3) is 5.56 Å². The van der Waals surface area contributed by atoms with E-state index < -0.39 is 0 Å². The highest BCUT2D eigenvalue weighted by Crippen LogP contribution is 2.32. The number of aromatic nitrogens is 3. The van der Waals surface area contributed by atoms with Crippen LogP contribution in [0.2, 0.25) is 10.0 Å². The minimum atomic E-state index is -0.0359. The molecular weight excluding hydrogens is 383 g/mol. The van der Waals surface area contributed by atoms with Crippen LogP contribution in [0.15, 0.2) is 41.3 Å². The van der Waals surface area contributed by atoms with Crippen LogP contribution in [0.1, 0.15) is 22.6 Å². The average molecular weight is 401 g/mol. The van der Waals surface area contributed by atoms with Gasteiger partial charge in [-0.3, -0.25) is 14.7 Å². The molecule has 0 spiro atoms. The second-order valence-electron chi connectivity index (χ2n) is 6.69. The molecule has 0 amide bonds. The van der Waals surface area contributed by atoms with Crippen molar-refractivity contribution in [3.63, 3.8) is 0 Å². The Morgan fingerprint density at radius 1 is 1.22 bits per heavy atom. The van der Waals surface area contributed by atoms with Gasteiger partial charge in [-0.2, -0.15) is 0 Å². The van der Waals surface area contributed by atoms with Gasteiger partial charge in [-0.15, -0.1) is 0 Å². The lowest BCUT2D eigenvalue weighted by Crippen LogP contribution is -2.35. The Balaban J connectivity index is 1.51. The van der Waals surface area contributed by atoms with Gasteiger partial charge >= 0.3 is 0 Å². The van der Waals surface area contributed by atoms with E-state index in [4.69, 9.17) is 23.2 Å². The van der Waals surface area contributed by atoms with Crippen molar-refractivity contribution in [2.45, 2.75) is 26.4 Å². The maximum atomic E-state index is 12.2. The summed E-state index contributed by atoms with van der Waals surface area (Å²) in [5, 5.41) is 1.02. The fourth-order valence-electron chi connectivity index (χ4n) is 3.38. The van der Waals surface area contributed by atoms with Crippen LogP contribution in [-0.2, 0) is 19.5 Å². The molecule has 1 aliphatic rings. The molecule has 5 nitrogen and oxygen atoms in total. The van der Waals surface area contributed by atoms with Crippen LogP contribution in [0.3, 0.4) is 0 Å². The summed E-state index contributed by atoms with van der Waals surface area (Å²) in [7, 11) is 0. The number of hydrogen-bond donors (Lipinski definition) is 1. The van der Waals surface area contributed by atoms with Crippen LogP contribution in [0.5, 0.6) is 0 Å². The summed E-state index contributed by atoms with van der Waals surface area (Å²) in [5.74, 6) is 0.673. The fourth-order valence-corrected chi connectivity index (χ4v) is 3.77. The normalized spacial score (nSPS) is 14.2. The van der Waals surface area contributed by atoms with E-state index in [1.807, 2.05) is 37.4 Å². The molecule has 0 radical (unpaired) electrons. The molecule has 138 valence electrons. The lowest BCUT2D eigenvalue weighted by Gasteiger charge is -2.27. The number of H-pyrrole nitrogens is 1. The average Bonchev–Trinajstić information content (AvgIpc) is 2.65. The Hall–Kier alpha value is -2.21. The van der Waals surface area contributed by atoms with Crippen molar-refractivity contribution >= 4 is 23.2 Å². The van der Waals surface area contributed by atoms with Crippen LogP contribution in [0, 0.1) is 6.92 Å². The number of hydrogen-bond acceptors (Lipinski definition) is 4. The van der Waals surface area contributed by atoms with Crippen LogP contribution in [0.4, 0.5) is 0 Å². The van der Waals surface area contributed by atoms with Crippen molar-refractivity contribution < 1.29 is 0 Å². The van der Waals surface area contributed by atoms with Gasteiger partial charge in [-0.25, -0.2) is 4.98 Å². The third kappa shape index (κ3) is 3.76. The fraction of sp³-hybridized carbons (Fsp3) is 0.250. The van der Waals surface area contributed by atoms with Crippen molar-refractivity contribution in [1.82, 2.24) is 19.9 Å². The molecule has 0 unspecified atom stereocenters. The maximum absolute atomic E-state index is 12.2. The zero-order valence-corrected chi connectivity index (χ0v) is 16.3. The molecule has 0 saturated carbocycles. The standard InChI is InChI=1S/C20H18Cl2N4O/c1-12-24-18-7-8-26(11-15(18)20(27)25-12)10-13-5-6-17(23-9-13)14-3-2-4-16(21)19(14)22/h2-6,9H,7-8,10-11H2,1H3,(H,24,25,27). The Kier molecular flexibility index (Phi) is 5.00. The van der Waals surface area contributed by atoms with Gasteiger partial charge in [-0.1, -0.05) is 41.4 Å². The largest absolute Gasteiger partial charge is 0.310 e. The highest BCUT2D eigenvalue weighted by atomic mass is 35.5. The summed E-state index contributed by atoms with van der Waals surface area (Å²) in [4.78, 5) is 26.2. The van der Waals surface area contributed by atoms with E-state index in [0.717, 1.165) is 47.6 Å². The number of fused-ring (bicyclic) bond motifs is 1. The topological polar surface area (TPSA) is 61.9 Å². The van der Waals surface area contributed by atoms with Gasteiger partial charge in [-0.05, 0) is 24.6 Å². The number of nitrogens with one attached hydrogen (secondary N) is 1. The highest BCUT2D eigenvalue weighted by Gasteiger charge is 2.20. The zero-order valence-electron chi connectivity index (χ0n) is 14.8. The van der Waals surface area contributed by atoms with E-state index in [9.17, 15) is 4.79 Å². The number of nitrogens with zero attached hydrogens (tertiary/aromatic N) is 3. The van der Waals surface area contributed by atoms with Crippen molar-refractivity contribution in [3.05, 3.63) is 79.6 Å². The van der Waals surface area contributed by atoms with E-state index in [1.165, 1.54) is 0 Å². The molecule has 1 aliphatic heterocycles. The molecule has 0 fully saturated rings. The van der Waals surface area contributed by atoms with Gasteiger partial charge in [0, 0.05) is 37.8 Å². The Morgan fingerprint density at radius 2 is 2.07 bits per heavy atom. The molecule has 1 aromatic carbocycles. The smallest absolute Gasteiger partial charge is 0.255 e. The second kappa shape index (κ2) is 7.43. The first-order valence-electron chi connectivity index (χ1n) is 8.71. The number of aromatic amines is 1. The number of aryl methyl sites for hydroxylation is 1. The van der Waals surface area contributed by atoms with Crippen molar-refractivity contribution in [3.8, 4) is 11.3 Å². The number of benzene rings is 1. The Bertz CT molecular complexity index is 1050. The van der Waals surface area contributed by atoms with E-state index in [-0.39, 0.29) is 5.56 Å². The first-order chi connectivity index (χ1) is 13.0. The van der Waals surface area contributed by atoms with Crippen molar-refractivity contribution in [2.75, 3.05) is 6.54 Å². The number of pyridine rings is 1. The van der Waals surface area contributed by atoms with Crippen molar-refractivity contribution in [2.24, 2.45) is 0 Å². The summed E-state index contributed by atoms with van der Waals surface area (Å²) in [6.07, 6.45) is 2.63. The molecular formula is C20H18Cl2N4O. The van der Waals surface area contributed by atoms with Gasteiger partial charge in [0.1, 0.15) is 5.82 Å². The first kappa shape index (κ1) is 18.2. The molecule has 0 bridgehead atoms. The summed E-state index contributed by atoms with van der Waals surface area (Å²) in [6.45, 7) is 4.00. The van der Waals surface area contributed by atoms with Crippen LogP contribution in [-0.4, -0.2) is 26.4 Å². The van der Waals surface area contributed by atoms with E-state index in [2.05, 4.69) is 19.9 Å². The van der Waals surface area contributed by atoms with Gasteiger partial charge in [0.05, 0.1) is 27.0 Å². The highest BCUT2D eigenvalue weighted by molar-refractivity contribution is 6.43. The van der Waals surface area contributed by atoms with Gasteiger partial charge in [0.2, 0.25) is 0 Å². The van der Waals surface area contributed by atoms with Crippen LogP contribution in [0.25, 0.3) is 11.3 Å². The summed E-state index contributed by atoms with van der Waals surface area (Å²) < 4.78 is 0. The SMILES string of the molecule is Cc1nc2c(c(=O)[nH]1)CN(Cc1ccc(-c3cccc(Cl)c3Cl)nc1)CC2. The third-order valence-electron chi connectivity index (χ3n) is 4.72. The second-order valence-corrected chi connectivity index (χ2v) is 7.48. The van der Waals surface area contributed by atoms with E-state index >= 15 is 0 Å². The molecule has 3 heterocycles. The summed E-state index contributed by atoms with van der Waals surface area (Å²) in [5.41, 5.74) is 4.32. The van der Waals surface area contributed by atoms with Gasteiger partial charge < -0.3 is 4.98 Å². The molecule has 0 saturated heterocycles. The molecule has 7 heteroatoms. The lowest BCUT2D eigenvalue weighted by atomic mass is 10.1. The van der Waals surface area contributed by atoms with Gasteiger partial charge in [0.15, 0.2) is 0 Å². The predicted molar refractivity (Wildman–Crippen MR) is 107 cm³/mol. The summed E-state index contributed by atoms with van der Waals surface area (Å²) >= 11 is 12.4. The van der Waals surface area contributed by atoms with E-state index in [1.54, 1.807) is 6.07 Å². The molecule has 27 heavy (non-hydrogen) atoms. The molecule has 4 rings (SSSR count). The molecule has 2 aromatic heterocycles. The quantitative estimate of drug-likeness (QED) is 0.721. The minimum Gasteiger partial charge on any atom is -0.310 e. The minimum absolute atomic E-state index is 0.0359. The van der Waals surface area contributed by atoms with Crippen molar-refractivity contribution in [1.29, 1.82) is 0 Å². The van der Waals surface area contributed by atoms with E-state index in [0.29, 0.717) is 22.4 Å². The Labute approximate surface area is 167 Å². The van der Waals surface area contributed by atoms with Crippen LogP contribution < -0.4 is 5.56 Å². The zero-order chi connectivity index (χ0) is 19.0. The molecule has 1 N–H and O–H groups in total.